The van der Waals surface area contributed by atoms with Crippen LogP contribution in [0, 0.1) is 10.1 Å². The number of nitrogen functional groups attached to an aromatic ring is 1. The molecule has 0 aliphatic carbocycles. The van der Waals surface area contributed by atoms with Crippen molar-refractivity contribution in [2.24, 2.45) is 0 Å². The number of hydrogen-bond acceptors (Lipinski definition) is 5. The summed E-state index contributed by atoms with van der Waals surface area (Å²) in [4.78, 5) is 23.5. The number of hydrogen-bond donors (Lipinski definition) is 2. The number of benzene rings is 1. The van der Waals surface area contributed by atoms with Crippen molar-refractivity contribution in [3.05, 3.63) is 28.3 Å². The summed E-state index contributed by atoms with van der Waals surface area (Å²) in [5.41, 5.74) is 6.74. The quantitative estimate of drug-likeness (QED) is 0.452. The van der Waals surface area contributed by atoms with Crippen molar-refractivity contribution < 1.29 is 9.72 Å². The number of nitro benzene ring substituents is 1. The lowest BCUT2D eigenvalue weighted by atomic mass is 10.1. The van der Waals surface area contributed by atoms with Gasteiger partial charge in [0.2, 0.25) is 5.91 Å². The molecule has 3 N–H and O–H groups in total. The predicted molar refractivity (Wildman–Crippen MR) is 67.3 cm³/mol. The first-order valence-corrected chi connectivity index (χ1v) is 5.59. The molecule has 1 aliphatic heterocycles. The van der Waals surface area contributed by atoms with Gasteiger partial charge in [-0.15, -0.1) is 0 Å². The number of piperazine rings is 1. The number of rotatable bonds is 2. The fraction of sp³-hybridized carbons (Fsp3) is 0.364. The normalized spacial score (nSPS) is 19.5. The van der Waals surface area contributed by atoms with Crippen LogP contribution in [0.3, 0.4) is 0 Å². The van der Waals surface area contributed by atoms with E-state index in [0.29, 0.717) is 24.5 Å². The summed E-state index contributed by atoms with van der Waals surface area (Å²) in [6.07, 6.45) is 0. The lowest BCUT2D eigenvalue weighted by molar-refractivity contribution is -0.384. The maximum absolute atomic E-state index is 11.6. The van der Waals surface area contributed by atoms with Gasteiger partial charge in [-0.3, -0.25) is 14.9 Å². The molecule has 7 nitrogen and oxygen atoms in total. The molecule has 0 bridgehead atoms. The Morgan fingerprint density at radius 2 is 2.28 bits per heavy atom. The van der Waals surface area contributed by atoms with E-state index in [1.807, 2.05) is 4.90 Å². The summed E-state index contributed by atoms with van der Waals surface area (Å²) < 4.78 is 0. The summed E-state index contributed by atoms with van der Waals surface area (Å²) in [5, 5.41) is 13.4. The van der Waals surface area contributed by atoms with Gasteiger partial charge in [-0.1, -0.05) is 0 Å². The number of anilines is 2. The Labute approximate surface area is 104 Å². The first-order valence-electron chi connectivity index (χ1n) is 5.59. The van der Waals surface area contributed by atoms with Crippen LogP contribution in [-0.4, -0.2) is 30.0 Å². The number of carbonyl (C=O) groups excluding carboxylic acids is 1. The van der Waals surface area contributed by atoms with Gasteiger partial charge in [0.05, 0.1) is 16.3 Å². The standard InChI is InChI=1S/C11H14N4O3/c1-7-11(16)13-4-5-14(7)10-3-2-8(15(17)18)6-9(10)12/h2-3,6-7H,4-5,12H2,1H3,(H,13,16). The molecule has 1 aromatic rings. The van der Waals surface area contributed by atoms with Crippen LogP contribution < -0.4 is 16.0 Å². The highest BCUT2D eigenvalue weighted by Crippen LogP contribution is 2.29. The molecule has 96 valence electrons. The topological polar surface area (TPSA) is 102 Å². The van der Waals surface area contributed by atoms with E-state index < -0.39 is 4.92 Å². The van der Waals surface area contributed by atoms with Crippen molar-refractivity contribution in [1.29, 1.82) is 0 Å². The number of nitrogens with two attached hydrogens (primary N) is 1. The van der Waals surface area contributed by atoms with Gasteiger partial charge in [-0.25, -0.2) is 0 Å². The van der Waals surface area contributed by atoms with Gasteiger partial charge in [0, 0.05) is 25.2 Å². The van der Waals surface area contributed by atoms with Crippen molar-refractivity contribution in [3.8, 4) is 0 Å². The number of carbonyl (C=O) groups is 1. The summed E-state index contributed by atoms with van der Waals surface area (Å²) >= 11 is 0. The summed E-state index contributed by atoms with van der Waals surface area (Å²) in [5.74, 6) is -0.0704. The van der Waals surface area contributed by atoms with Crippen LogP contribution in [0.5, 0.6) is 0 Å². The maximum Gasteiger partial charge on any atom is 0.271 e. The highest BCUT2D eigenvalue weighted by molar-refractivity contribution is 5.87. The third-order valence-corrected chi connectivity index (χ3v) is 3.03. The Morgan fingerprint density at radius 3 is 2.89 bits per heavy atom. The zero-order chi connectivity index (χ0) is 13.3. The molecule has 1 amide bonds. The molecule has 1 fully saturated rings. The fourth-order valence-corrected chi connectivity index (χ4v) is 2.03. The SMILES string of the molecule is CC1C(=O)NCCN1c1ccc([N+](=O)[O-])cc1N. The molecule has 0 spiro atoms. The number of nitrogens with one attached hydrogen (secondary N) is 1. The van der Waals surface area contributed by atoms with Crippen LogP contribution in [0.15, 0.2) is 18.2 Å². The summed E-state index contributed by atoms with van der Waals surface area (Å²) in [7, 11) is 0. The minimum atomic E-state index is -0.494. The van der Waals surface area contributed by atoms with Crippen molar-refractivity contribution in [2.45, 2.75) is 13.0 Å². The van der Waals surface area contributed by atoms with E-state index in [1.54, 1.807) is 13.0 Å². The van der Waals surface area contributed by atoms with Crippen LogP contribution in [0.4, 0.5) is 17.1 Å². The highest BCUT2D eigenvalue weighted by atomic mass is 16.6. The van der Waals surface area contributed by atoms with Gasteiger partial charge in [0.1, 0.15) is 6.04 Å². The van der Waals surface area contributed by atoms with E-state index in [9.17, 15) is 14.9 Å². The minimum Gasteiger partial charge on any atom is -0.397 e. The van der Waals surface area contributed by atoms with E-state index >= 15 is 0 Å². The molecule has 1 aromatic carbocycles. The van der Waals surface area contributed by atoms with Gasteiger partial charge in [-0.05, 0) is 13.0 Å². The zero-order valence-corrected chi connectivity index (χ0v) is 9.92. The molecule has 1 aliphatic rings. The van der Waals surface area contributed by atoms with E-state index in [0.717, 1.165) is 0 Å². The van der Waals surface area contributed by atoms with Gasteiger partial charge < -0.3 is 16.0 Å². The molecule has 0 radical (unpaired) electrons. The Kier molecular flexibility index (Phi) is 3.05. The van der Waals surface area contributed by atoms with Crippen molar-refractivity contribution in [1.82, 2.24) is 5.32 Å². The number of nitro groups is 1. The zero-order valence-electron chi connectivity index (χ0n) is 9.92. The molecular weight excluding hydrogens is 236 g/mol. The third-order valence-electron chi connectivity index (χ3n) is 3.03. The molecule has 2 rings (SSSR count). The van der Waals surface area contributed by atoms with Crippen LogP contribution >= 0.6 is 0 Å². The average Bonchev–Trinajstić information content (AvgIpc) is 2.33. The van der Waals surface area contributed by atoms with E-state index in [-0.39, 0.29) is 17.6 Å². The van der Waals surface area contributed by atoms with Crippen molar-refractivity contribution >= 4 is 23.0 Å². The second-order valence-corrected chi connectivity index (χ2v) is 4.16. The fourth-order valence-electron chi connectivity index (χ4n) is 2.03. The molecule has 7 heteroatoms. The molecule has 1 atom stereocenters. The molecule has 1 unspecified atom stereocenters. The Morgan fingerprint density at radius 1 is 1.56 bits per heavy atom. The minimum absolute atomic E-state index is 0.0506. The average molecular weight is 250 g/mol. The van der Waals surface area contributed by atoms with E-state index in [4.69, 9.17) is 5.73 Å². The first kappa shape index (κ1) is 12.2. The molecule has 18 heavy (non-hydrogen) atoms. The number of non-ortho nitro benzene ring substituents is 1. The van der Waals surface area contributed by atoms with Gasteiger partial charge in [-0.2, -0.15) is 0 Å². The van der Waals surface area contributed by atoms with Gasteiger partial charge >= 0.3 is 0 Å². The lowest BCUT2D eigenvalue weighted by Gasteiger charge is -2.35. The molecule has 0 saturated carbocycles. The van der Waals surface area contributed by atoms with E-state index in [1.165, 1.54) is 12.1 Å². The number of amides is 1. The van der Waals surface area contributed by atoms with Crippen LogP contribution in [0.25, 0.3) is 0 Å². The summed E-state index contributed by atoms with van der Waals surface area (Å²) in [6, 6.07) is 3.96. The Bertz CT molecular complexity index is 503. The second-order valence-electron chi connectivity index (χ2n) is 4.16. The monoisotopic (exact) mass is 250 g/mol. The summed E-state index contributed by atoms with van der Waals surface area (Å²) in [6.45, 7) is 2.95. The predicted octanol–water partition coefficient (Wildman–Crippen LogP) is 0.502. The smallest absolute Gasteiger partial charge is 0.271 e. The number of nitrogens with zero attached hydrogens (tertiary/aromatic N) is 2. The van der Waals surface area contributed by atoms with Crippen LogP contribution in [0.1, 0.15) is 6.92 Å². The van der Waals surface area contributed by atoms with Crippen molar-refractivity contribution in [2.75, 3.05) is 23.7 Å². The maximum atomic E-state index is 11.6. The Balaban J connectivity index is 2.33. The Hall–Kier alpha value is -2.31. The molecule has 1 heterocycles. The first-order chi connectivity index (χ1) is 8.50. The van der Waals surface area contributed by atoms with Crippen LogP contribution in [0.2, 0.25) is 0 Å². The highest BCUT2D eigenvalue weighted by Gasteiger charge is 2.27. The van der Waals surface area contributed by atoms with E-state index in [2.05, 4.69) is 5.32 Å². The largest absolute Gasteiger partial charge is 0.397 e. The van der Waals surface area contributed by atoms with Crippen LogP contribution in [-0.2, 0) is 4.79 Å². The molecule has 1 saturated heterocycles. The second kappa shape index (κ2) is 4.52. The molecular formula is C11H14N4O3. The lowest BCUT2D eigenvalue weighted by Crippen LogP contribution is -2.54. The van der Waals surface area contributed by atoms with Crippen molar-refractivity contribution in [3.63, 3.8) is 0 Å². The molecule has 0 aromatic heterocycles. The van der Waals surface area contributed by atoms with Gasteiger partial charge in [0.15, 0.2) is 0 Å². The van der Waals surface area contributed by atoms with Gasteiger partial charge in [0.25, 0.3) is 5.69 Å². The third kappa shape index (κ3) is 2.06.